The van der Waals surface area contributed by atoms with Crippen LogP contribution in [0.1, 0.15) is 16.8 Å². The number of nitrogens with zero attached hydrogens (tertiary/aromatic N) is 1. The molecule has 0 bridgehead atoms. The molecule has 2 aliphatic heterocycles. The Bertz CT molecular complexity index is 623. The van der Waals surface area contributed by atoms with Gasteiger partial charge in [0.2, 0.25) is 5.91 Å². The van der Waals surface area contributed by atoms with Crippen LogP contribution in [0.2, 0.25) is 0 Å². The van der Waals surface area contributed by atoms with Crippen LogP contribution in [0, 0.1) is 0 Å². The third-order valence-electron chi connectivity index (χ3n) is 4.12. The first-order chi connectivity index (χ1) is 11.5. The average Bonchev–Trinajstić information content (AvgIpc) is 2.51. The Labute approximate surface area is 139 Å². The summed E-state index contributed by atoms with van der Waals surface area (Å²) in [5.74, 6) is -1.48. The minimum Gasteiger partial charge on any atom is -0.507 e. The highest BCUT2D eigenvalue weighted by Gasteiger charge is 2.34. The van der Waals surface area contributed by atoms with Crippen LogP contribution < -0.4 is 10.1 Å². The molecule has 2 heterocycles. The molecular weight excluding hydrogens is 316 g/mol. The van der Waals surface area contributed by atoms with E-state index in [0.29, 0.717) is 32.7 Å². The van der Waals surface area contributed by atoms with Gasteiger partial charge in [0.1, 0.15) is 23.2 Å². The predicted molar refractivity (Wildman–Crippen MR) is 83.3 cm³/mol. The second-order valence-electron chi connectivity index (χ2n) is 5.90. The Balaban J connectivity index is 1.51. The molecule has 130 valence electrons. The van der Waals surface area contributed by atoms with Crippen LogP contribution in [-0.4, -0.2) is 72.0 Å². The summed E-state index contributed by atoms with van der Waals surface area (Å²) in [6.07, 6.45) is -0.0539. The molecule has 0 spiro atoms. The predicted octanol–water partition coefficient (Wildman–Crippen LogP) is 0.0585. The Kier molecular flexibility index (Phi) is 4.86. The van der Waals surface area contributed by atoms with Gasteiger partial charge in [-0.05, 0) is 12.1 Å². The number of hydrogen-bond donors (Lipinski definition) is 3. The van der Waals surface area contributed by atoms with E-state index in [9.17, 15) is 14.7 Å². The van der Waals surface area contributed by atoms with E-state index in [1.807, 2.05) is 0 Å². The molecule has 0 aromatic heterocycles. The highest BCUT2D eigenvalue weighted by atomic mass is 16.5. The number of morpholine rings is 1. The zero-order valence-electron chi connectivity index (χ0n) is 13.1. The number of aromatic carboxylic acids is 1. The number of rotatable bonds is 5. The SMILES string of the molecule is O=C(O)c1c(O)cccc1OC1CN(C(=O)CC2CNCCO2)C1. The average molecular weight is 336 g/mol. The lowest BCUT2D eigenvalue weighted by Crippen LogP contribution is -2.57. The van der Waals surface area contributed by atoms with E-state index in [4.69, 9.17) is 14.6 Å². The maximum Gasteiger partial charge on any atom is 0.343 e. The van der Waals surface area contributed by atoms with E-state index in [2.05, 4.69) is 5.32 Å². The van der Waals surface area contributed by atoms with E-state index in [1.165, 1.54) is 18.2 Å². The molecule has 1 atom stereocenters. The second kappa shape index (κ2) is 7.06. The molecule has 1 aromatic carbocycles. The number of amides is 1. The van der Waals surface area contributed by atoms with Crippen molar-refractivity contribution in [3.05, 3.63) is 23.8 Å². The van der Waals surface area contributed by atoms with Crippen molar-refractivity contribution in [2.24, 2.45) is 0 Å². The molecule has 8 nitrogen and oxygen atoms in total. The van der Waals surface area contributed by atoms with Gasteiger partial charge >= 0.3 is 5.97 Å². The highest BCUT2D eigenvalue weighted by molar-refractivity contribution is 5.94. The molecular formula is C16H20N2O6. The van der Waals surface area contributed by atoms with Crippen LogP contribution in [-0.2, 0) is 9.53 Å². The normalized spacial score (nSPS) is 21.2. The summed E-state index contributed by atoms with van der Waals surface area (Å²) >= 11 is 0. The third-order valence-corrected chi connectivity index (χ3v) is 4.12. The number of nitrogens with one attached hydrogen (secondary N) is 1. The second-order valence-corrected chi connectivity index (χ2v) is 5.90. The lowest BCUT2D eigenvalue weighted by molar-refractivity contribution is -0.143. The zero-order chi connectivity index (χ0) is 17.1. The molecule has 0 aliphatic carbocycles. The van der Waals surface area contributed by atoms with Gasteiger partial charge < -0.3 is 29.9 Å². The molecule has 1 aromatic rings. The summed E-state index contributed by atoms with van der Waals surface area (Å²) in [7, 11) is 0. The van der Waals surface area contributed by atoms with E-state index >= 15 is 0 Å². The molecule has 1 unspecified atom stereocenters. The van der Waals surface area contributed by atoms with Crippen molar-refractivity contribution in [3.8, 4) is 11.5 Å². The largest absolute Gasteiger partial charge is 0.507 e. The lowest BCUT2D eigenvalue weighted by atomic mass is 10.1. The number of ether oxygens (including phenoxy) is 2. The monoisotopic (exact) mass is 336 g/mol. The zero-order valence-corrected chi connectivity index (χ0v) is 13.1. The van der Waals surface area contributed by atoms with Crippen LogP contribution in [0.4, 0.5) is 0 Å². The van der Waals surface area contributed by atoms with Gasteiger partial charge in [-0.15, -0.1) is 0 Å². The van der Waals surface area contributed by atoms with Crippen molar-refractivity contribution in [2.45, 2.75) is 18.6 Å². The summed E-state index contributed by atoms with van der Waals surface area (Å²) in [4.78, 5) is 25.0. The smallest absolute Gasteiger partial charge is 0.343 e. The number of carboxylic acids is 1. The van der Waals surface area contributed by atoms with Crippen molar-refractivity contribution in [1.29, 1.82) is 0 Å². The number of carboxylic acid groups (broad SMARTS) is 1. The standard InChI is InChI=1S/C16H20N2O6/c19-12-2-1-3-13(15(12)16(21)22)24-11-8-18(9-11)14(20)6-10-7-17-4-5-23-10/h1-3,10-11,17,19H,4-9H2,(H,21,22). The molecule has 8 heteroatoms. The first-order valence-corrected chi connectivity index (χ1v) is 7.86. The summed E-state index contributed by atoms with van der Waals surface area (Å²) < 4.78 is 11.1. The molecule has 0 radical (unpaired) electrons. The number of aromatic hydroxyl groups is 1. The summed E-state index contributed by atoms with van der Waals surface area (Å²) in [6.45, 7) is 2.88. The molecule has 1 amide bonds. The molecule has 3 rings (SSSR count). The van der Waals surface area contributed by atoms with Crippen LogP contribution in [0.5, 0.6) is 11.5 Å². The number of carbonyl (C=O) groups excluding carboxylic acids is 1. The number of carbonyl (C=O) groups is 2. The maximum absolute atomic E-state index is 12.1. The van der Waals surface area contributed by atoms with E-state index in [1.54, 1.807) is 4.90 Å². The number of benzene rings is 1. The first kappa shape index (κ1) is 16.5. The van der Waals surface area contributed by atoms with Crippen LogP contribution in [0.25, 0.3) is 0 Å². The maximum atomic E-state index is 12.1. The fourth-order valence-electron chi connectivity index (χ4n) is 2.80. The Morgan fingerprint density at radius 2 is 2.17 bits per heavy atom. The Morgan fingerprint density at radius 1 is 1.38 bits per heavy atom. The molecule has 3 N–H and O–H groups in total. The Hall–Kier alpha value is -2.32. The van der Waals surface area contributed by atoms with E-state index in [0.717, 1.165) is 6.54 Å². The lowest BCUT2D eigenvalue weighted by Gasteiger charge is -2.40. The third kappa shape index (κ3) is 3.60. The van der Waals surface area contributed by atoms with E-state index < -0.39 is 5.97 Å². The van der Waals surface area contributed by atoms with Crippen molar-refractivity contribution < 1.29 is 29.3 Å². The molecule has 2 aliphatic rings. The number of likely N-dealkylation sites (tertiary alicyclic amines) is 1. The fraction of sp³-hybridized carbons (Fsp3) is 0.500. The summed E-state index contributed by atoms with van der Waals surface area (Å²) in [5, 5.41) is 22.0. The quantitative estimate of drug-likeness (QED) is 0.697. The number of phenols is 1. The topological polar surface area (TPSA) is 108 Å². The minimum atomic E-state index is -1.25. The summed E-state index contributed by atoms with van der Waals surface area (Å²) in [6, 6.07) is 4.31. The van der Waals surface area contributed by atoms with Crippen LogP contribution in [0.3, 0.4) is 0 Å². The van der Waals surface area contributed by atoms with E-state index in [-0.39, 0.29) is 35.2 Å². The van der Waals surface area contributed by atoms with Gasteiger partial charge in [-0.2, -0.15) is 0 Å². The highest BCUT2D eigenvalue weighted by Crippen LogP contribution is 2.29. The van der Waals surface area contributed by atoms with Gasteiger partial charge in [0, 0.05) is 13.1 Å². The van der Waals surface area contributed by atoms with Gasteiger partial charge in [0.05, 0.1) is 32.2 Å². The van der Waals surface area contributed by atoms with Crippen LogP contribution >= 0.6 is 0 Å². The fourth-order valence-corrected chi connectivity index (χ4v) is 2.80. The molecule has 2 fully saturated rings. The van der Waals surface area contributed by atoms with Crippen molar-refractivity contribution >= 4 is 11.9 Å². The first-order valence-electron chi connectivity index (χ1n) is 7.86. The van der Waals surface area contributed by atoms with Gasteiger partial charge in [0.15, 0.2) is 0 Å². The molecule has 2 saturated heterocycles. The van der Waals surface area contributed by atoms with Gasteiger partial charge in [-0.25, -0.2) is 4.79 Å². The minimum absolute atomic E-state index is 0.00193. The van der Waals surface area contributed by atoms with Crippen molar-refractivity contribution in [2.75, 3.05) is 32.8 Å². The molecule has 0 saturated carbocycles. The van der Waals surface area contributed by atoms with Gasteiger partial charge in [0.25, 0.3) is 0 Å². The van der Waals surface area contributed by atoms with Gasteiger partial charge in [-0.1, -0.05) is 6.07 Å². The van der Waals surface area contributed by atoms with Crippen molar-refractivity contribution in [1.82, 2.24) is 10.2 Å². The van der Waals surface area contributed by atoms with Crippen molar-refractivity contribution in [3.63, 3.8) is 0 Å². The summed E-state index contributed by atoms with van der Waals surface area (Å²) in [5.41, 5.74) is -0.260. The molecule has 24 heavy (non-hydrogen) atoms. The van der Waals surface area contributed by atoms with Crippen LogP contribution in [0.15, 0.2) is 18.2 Å². The Morgan fingerprint density at radius 3 is 2.83 bits per heavy atom. The van der Waals surface area contributed by atoms with Gasteiger partial charge in [-0.3, -0.25) is 4.79 Å². The number of hydrogen-bond acceptors (Lipinski definition) is 6.